The molecule has 2 aliphatic rings. The van der Waals surface area contributed by atoms with Crippen LogP contribution >= 0.6 is 0 Å². The highest BCUT2D eigenvalue weighted by molar-refractivity contribution is 5.30. The summed E-state index contributed by atoms with van der Waals surface area (Å²) < 4.78 is 0. The molecule has 0 saturated carbocycles. The van der Waals surface area contributed by atoms with E-state index >= 15 is 0 Å². The number of hydrogen-bond donors (Lipinski definition) is 2. The summed E-state index contributed by atoms with van der Waals surface area (Å²) in [4.78, 5) is 13.2. The second-order valence-electron chi connectivity index (χ2n) is 6.55. The van der Waals surface area contributed by atoms with Crippen LogP contribution in [-0.4, -0.2) is 71.0 Å². The van der Waals surface area contributed by atoms with Gasteiger partial charge in [-0.15, -0.1) is 0 Å². The van der Waals surface area contributed by atoms with Gasteiger partial charge in [0.15, 0.2) is 0 Å². The number of aliphatic hydroxyl groups excluding tert-OH is 2. The largest absolute Gasteiger partial charge is 0.396 e. The monoisotopic (exact) mass is 306 g/mol. The molecule has 2 N–H and O–H groups in total. The van der Waals surface area contributed by atoms with E-state index < -0.39 is 0 Å². The lowest BCUT2D eigenvalue weighted by atomic mass is 9.64. The van der Waals surface area contributed by atoms with E-state index in [1.807, 2.05) is 6.07 Å². The molecule has 1 spiro atoms. The van der Waals surface area contributed by atoms with Crippen LogP contribution in [0.1, 0.15) is 19.3 Å². The van der Waals surface area contributed by atoms with E-state index in [9.17, 15) is 5.11 Å². The maximum Gasteiger partial charge on any atom is 0.225 e. The smallest absolute Gasteiger partial charge is 0.225 e. The standard InChI is InChI=1S/C16H26N4O2/c21-11-10-19-7-2-16(3-8-19)4-9-20(12-14(16)13-22)15-17-5-1-6-18-15/h1,5-6,14,21-22H,2-4,7-13H2. The minimum atomic E-state index is 0.226. The van der Waals surface area contributed by atoms with E-state index in [4.69, 9.17) is 5.11 Å². The van der Waals surface area contributed by atoms with Crippen LogP contribution in [0.5, 0.6) is 0 Å². The number of hydrogen-bond acceptors (Lipinski definition) is 6. The van der Waals surface area contributed by atoms with Crippen LogP contribution in [0.3, 0.4) is 0 Å². The molecule has 0 amide bonds. The lowest BCUT2D eigenvalue weighted by molar-refractivity contribution is -0.000370. The topological polar surface area (TPSA) is 72.7 Å². The van der Waals surface area contributed by atoms with E-state index in [1.165, 1.54) is 0 Å². The van der Waals surface area contributed by atoms with Crippen molar-refractivity contribution >= 4 is 5.95 Å². The summed E-state index contributed by atoms with van der Waals surface area (Å²) in [7, 11) is 0. The fourth-order valence-electron chi connectivity index (χ4n) is 4.02. The third-order valence-electron chi connectivity index (χ3n) is 5.51. The maximum absolute atomic E-state index is 9.92. The molecule has 2 aliphatic heterocycles. The zero-order valence-corrected chi connectivity index (χ0v) is 13.1. The number of piperidine rings is 2. The Bertz CT molecular complexity index is 462. The Labute approximate surface area is 131 Å². The van der Waals surface area contributed by atoms with Crippen molar-refractivity contribution in [2.75, 3.05) is 50.8 Å². The van der Waals surface area contributed by atoms with Crippen LogP contribution in [0.15, 0.2) is 18.5 Å². The van der Waals surface area contributed by atoms with Gasteiger partial charge in [0.2, 0.25) is 5.95 Å². The van der Waals surface area contributed by atoms with E-state index in [-0.39, 0.29) is 24.5 Å². The summed E-state index contributed by atoms with van der Waals surface area (Å²) in [6, 6.07) is 1.83. The first kappa shape index (κ1) is 15.6. The Morgan fingerprint density at radius 2 is 1.77 bits per heavy atom. The SMILES string of the molecule is OCCN1CCC2(CC1)CCN(c1ncccn1)CC2CO. The van der Waals surface area contributed by atoms with E-state index in [0.29, 0.717) is 0 Å². The number of aliphatic hydroxyl groups is 2. The lowest BCUT2D eigenvalue weighted by Gasteiger charge is -2.51. The number of nitrogens with zero attached hydrogens (tertiary/aromatic N) is 4. The molecule has 0 radical (unpaired) electrons. The highest BCUT2D eigenvalue weighted by Gasteiger charge is 2.44. The summed E-state index contributed by atoms with van der Waals surface area (Å²) in [5.74, 6) is 1.05. The van der Waals surface area contributed by atoms with Crippen LogP contribution < -0.4 is 4.90 Å². The van der Waals surface area contributed by atoms with Gasteiger partial charge in [-0.2, -0.15) is 0 Å². The van der Waals surface area contributed by atoms with Crippen LogP contribution in [0.2, 0.25) is 0 Å². The predicted molar refractivity (Wildman–Crippen MR) is 84.6 cm³/mol. The Morgan fingerprint density at radius 1 is 1.09 bits per heavy atom. The van der Waals surface area contributed by atoms with Crippen molar-refractivity contribution in [1.29, 1.82) is 0 Å². The molecular weight excluding hydrogens is 280 g/mol. The second-order valence-corrected chi connectivity index (χ2v) is 6.55. The van der Waals surface area contributed by atoms with Gasteiger partial charge in [-0.05, 0) is 43.8 Å². The van der Waals surface area contributed by atoms with E-state index in [0.717, 1.165) is 57.9 Å². The van der Waals surface area contributed by atoms with Crippen LogP contribution in [0.25, 0.3) is 0 Å². The minimum Gasteiger partial charge on any atom is -0.396 e. The van der Waals surface area contributed by atoms with Crippen molar-refractivity contribution in [2.45, 2.75) is 19.3 Å². The van der Waals surface area contributed by atoms with Crippen LogP contribution in [0, 0.1) is 11.3 Å². The molecule has 1 atom stereocenters. The molecule has 3 heterocycles. The van der Waals surface area contributed by atoms with Gasteiger partial charge in [0.25, 0.3) is 0 Å². The zero-order valence-electron chi connectivity index (χ0n) is 13.1. The number of β-amino-alcohol motifs (C(OH)–C–C–N with tert-alkyl or cyclic N) is 1. The summed E-state index contributed by atoms with van der Waals surface area (Å²) in [5, 5.41) is 19.0. The molecule has 2 fully saturated rings. The number of likely N-dealkylation sites (tertiary alicyclic amines) is 1. The molecule has 6 nitrogen and oxygen atoms in total. The number of aromatic nitrogens is 2. The lowest BCUT2D eigenvalue weighted by Crippen LogP contribution is -2.54. The molecule has 0 aliphatic carbocycles. The Balaban J connectivity index is 1.66. The second kappa shape index (κ2) is 6.89. The fourth-order valence-corrected chi connectivity index (χ4v) is 4.02. The van der Waals surface area contributed by atoms with Gasteiger partial charge in [-0.1, -0.05) is 0 Å². The molecule has 1 aromatic rings. The molecule has 2 saturated heterocycles. The highest BCUT2D eigenvalue weighted by Crippen LogP contribution is 2.45. The van der Waals surface area contributed by atoms with Gasteiger partial charge >= 0.3 is 0 Å². The Hall–Kier alpha value is -1.24. The molecular formula is C16H26N4O2. The van der Waals surface area contributed by atoms with Crippen molar-refractivity contribution in [2.24, 2.45) is 11.3 Å². The van der Waals surface area contributed by atoms with Crippen LogP contribution in [0.4, 0.5) is 5.95 Å². The number of rotatable bonds is 4. The first-order chi connectivity index (χ1) is 10.8. The Morgan fingerprint density at radius 3 is 2.41 bits per heavy atom. The average Bonchev–Trinajstić information content (AvgIpc) is 2.58. The molecule has 6 heteroatoms. The molecule has 0 bridgehead atoms. The summed E-state index contributed by atoms with van der Waals surface area (Å²) >= 11 is 0. The molecule has 1 unspecified atom stereocenters. The van der Waals surface area contributed by atoms with E-state index in [2.05, 4.69) is 19.8 Å². The van der Waals surface area contributed by atoms with Crippen molar-refractivity contribution < 1.29 is 10.2 Å². The van der Waals surface area contributed by atoms with Gasteiger partial charge in [-0.25, -0.2) is 9.97 Å². The molecule has 122 valence electrons. The summed E-state index contributed by atoms with van der Waals surface area (Å²) in [6.07, 6.45) is 6.86. The van der Waals surface area contributed by atoms with Gasteiger partial charge in [0.05, 0.1) is 6.61 Å². The van der Waals surface area contributed by atoms with Gasteiger partial charge in [0.1, 0.15) is 0 Å². The van der Waals surface area contributed by atoms with Crippen molar-refractivity contribution in [3.05, 3.63) is 18.5 Å². The quantitative estimate of drug-likeness (QED) is 0.837. The third-order valence-corrected chi connectivity index (χ3v) is 5.51. The minimum absolute atomic E-state index is 0.226. The van der Waals surface area contributed by atoms with Crippen molar-refractivity contribution in [3.8, 4) is 0 Å². The van der Waals surface area contributed by atoms with Crippen molar-refractivity contribution in [1.82, 2.24) is 14.9 Å². The highest BCUT2D eigenvalue weighted by atomic mass is 16.3. The maximum atomic E-state index is 9.92. The van der Waals surface area contributed by atoms with Gasteiger partial charge in [-0.3, -0.25) is 0 Å². The first-order valence-electron chi connectivity index (χ1n) is 8.23. The fraction of sp³-hybridized carbons (Fsp3) is 0.750. The molecule has 0 aromatic carbocycles. The molecule has 3 rings (SSSR count). The first-order valence-corrected chi connectivity index (χ1v) is 8.23. The van der Waals surface area contributed by atoms with Crippen LogP contribution in [-0.2, 0) is 0 Å². The van der Waals surface area contributed by atoms with E-state index in [1.54, 1.807) is 12.4 Å². The van der Waals surface area contributed by atoms with Crippen molar-refractivity contribution in [3.63, 3.8) is 0 Å². The average molecular weight is 306 g/mol. The summed E-state index contributed by atoms with van der Waals surface area (Å²) in [5.41, 5.74) is 0.242. The normalized spacial score (nSPS) is 25.5. The van der Waals surface area contributed by atoms with Gasteiger partial charge < -0.3 is 20.0 Å². The Kier molecular flexibility index (Phi) is 4.90. The summed E-state index contributed by atoms with van der Waals surface area (Å²) in [6.45, 7) is 5.07. The number of anilines is 1. The zero-order chi connectivity index (χ0) is 15.4. The van der Waals surface area contributed by atoms with Gasteiger partial charge in [0, 0.05) is 44.6 Å². The predicted octanol–water partition coefficient (Wildman–Crippen LogP) is 0.370. The molecule has 1 aromatic heterocycles. The third kappa shape index (κ3) is 3.09. The molecule has 22 heavy (non-hydrogen) atoms.